The van der Waals surface area contributed by atoms with Crippen LogP contribution in [-0.4, -0.2) is 60.4 Å². The van der Waals surface area contributed by atoms with Crippen LogP contribution < -0.4 is 10.6 Å². The van der Waals surface area contributed by atoms with Gasteiger partial charge in [0.1, 0.15) is 0 Å². The summed E-state index contributed by atoms with van der Waals surface area (Å²) in [5, 5.41) is 6.43. The molecule has 2 aromatic rings. The van der Waals surface area contributed by atoms with Crippen LogP contribution in [0.3, 0.4) is 0 Å². The fourth-order valence-corrected chi connectivity index (χ4v) is 3.96. The molecule has 1 aliphatic heterocycles. The fraction of sp³-hybridized carbons (Fsp3) is 0.417. The third-order valence-electron chi connectivity index (χ3n) is 5.82. The molecule has 166 valence electrons. The van der Waals surface area contributed by atoms with Gasteiger partial charge in [0.25, 0.3) is 0 Å². The van der Waals surface area contributed by atoms with Gasteiger partial charge >= 0.3 is 0 Å². The molecule has 0 bridgehead atoms. The molecule has 1 unspecified atom stereocenters. The van der Waals surface area contributed by atoms with E-state index in [1.165, 1.54) is 5.56 Å². The van der Waals surface area contributed by atoms with E-state index in [0.29, 0.717) is 0 Å². The van der Waals surface area contributed by atoms with E-state index in [4.69, 9.17) is 11.6 Å². The number of aryl methyl sites for hydroxylation is 2. The number of halogens is 1. The van der Waals surface area contributed by atoms with Gasteiger partial charge in [0.15, 0.2) is 0 Å². The maximum absolute atomic E-state index is 12.6. The molecular weight excluding hydrogens is 412 g/mol. The molecular formula is C24H31ClN4O2. The summed E-state index contributed by atoms with van der Waals surface area (Å²) in [7, 11) is 0. The third-order valence-corrected chi connectivity index (χ3v) is 6.07. The first kappa shape index (κ1) is 23.3. The highest BCUT2D eigenvalue weighted by atomic mass is 35.5. The van der Waals surface area contributed by atoms with E-state index >= 15 is 0 Å². The smallest absolute Gasteiger partial charge is 0.243 e. The number of carbonyl (C=O) groups excluding carboxylic acids is 2. The van der Waals surface area contributed by atoms with Crippen molar-refractivity contribution >= 4 is 29.1 Å². The first-order chi connectivity index (χ1) is 14.8. The van der Waals surface area contributed by atoms with Gasteiger partial charge < -0.3 is 10.6 Å². The highest BCUT2D eigenvalue weighted by Crippen LogP contribution is 2.19. The molecule has 1 aliphatic rings. The summed E-state index contributed by atoms with van der Waals surface area (Å²) in [6.07, 6.45) is 0. The van der Waals surface area contributed by atoms with Gasteiger partial charge in [-0.05, 0) is 49.6 Å². The highest BCUT2D eigenvalue weighted by molar-refractivity contribution is 6.30. The Bertz CT molecular complexity index is 888. The Labute approximate surface area is 189 Å². The number of hydrogen-bond acceptors (Lipinski definition) is 4. The number of para-hydroxylation sites is 1. The van der Waals surface area contributed by atoms with Crippen LogP contribution in [0.5, 0.6) is 0 Å². The molecule has 3 rings (SSSR count). The van der Waals surface area contributed by atoms with Crippen LogP contribution in [0.4, 0.5) is 5.69 Å². The van der Waals surface area contributed by atoms with E-state index in [1.807, 2.05) is 63.2 Å². The van der Waals surface area contributed by atoms with Gasteiger partial charge in [-0.15, -0.1) is 0 Å². The summed E-state index contributed by atoms with van der Waals surface area (Å²) in [5.41, 5.74) is 4.05. The van der Waals surface area contributed by atoms with Gasteiger partial charge in [-0.25, -0.2) is 0 Å². The lowest BCUT2D eigenvalue weighted by atomic mass is 10.1. The molecule has 2 amide bonds. The van der Waals surface area contributed by atoms with Crippen molar-refractivity contribution < 1.29 is 9.59 Å². The maximum atomic E-state index is 12.6. The Morgan fingerprint density at radius 1 is 1.00 bits per heavy atom. The molecule has 0 radical (unpaired) electrons. The largest absolute Gasteiger partial charge is 0.346 e. The van der Waals surface area contributed by atoms with Gasteiger partial charge in [-0.3, -0.25) is 19.4 Å². The molecule has 2 N–H and O–H groups in total. The average Bonchev–Trinajstić information content (AvgIpc) is 2.76. The van der Waals surface area contributed by atoms with E-state index in [1.54, 1.807) is 0 Å². The minimum absolute atomic E-state index is 0.0342. The number of hydrogen-bond donors (Lipinski definition) is 2. The van der Waals surface area contributed by atoms with E-state index in [9.17, 15) is 9.59 Å². The number of rotatable bonds is 7. The van der Waals surface area contributed by atoms with Crippen LogP contribution in [0.15, 0.2) is 42.5 Å². The number of benzene rings is 2. The molecule has 1 saturated heterocycles. The van der Waals surface area contributed by atoms with Gasteiger partial charge in [-0.1, -0.05) is 41.9 Å². The Hall–Kier alpha value is -2.41. The first-order valence-electron chi connectivity index (χ1n) is 10.7. The van der Waals surface area contributed by atoms with Crippen molar-refractivity contribution in [2.75, 3.05) is 38.0 Å². The van der Waals surface area contributed by atoms with E-state index < -0.39 is 0 Å². The Kier molecular flexibility index (Phi) is 8.07. The zero-order valence-corrected chi connectivity index (χ0v) is 19.2. The van der Waals surface area contributed by atoms with Gasteiger partial charge in [0, 0.05) is 43.4 Å². The Morgan fingerprint density at radius 2 is 1.61 bits per heavy atom. The molecule has 0 spiro atoms. The second-order valence-electron chi connectivity index (χ2n) is 8.15. The number of nitrogens with zero attached hydrogens (tertiary/aromatic N) is 2. The third kappa shape index (κ3) is 6.53. The highest BCUT2D eigenvalue weighted by Gasteiger charge is 2.25. The summed E-state index contributed by atoms with van der Waals surface area (Å²) in [6, 6.07) is 13.5. The first-order valence-corrected chi connectivity index (χ1v) is 11.1. The predicted molar refractivity (Wildman–Crippen MR) is 125 cm³/mol. The molecule has 2 aromatic carbocycles. The molecule has 1 heterocycles. The van der Waals surface area contributed by atoms with Crippen molar-refractivity contribution in [1.29, 1.82) is 0 Å². The van der Waals surface area contributed by atoms with Crippen LogP contribution in [0.2, 0.25) is 5.02 Å². The summed E-state index contributed by atoms with van der Waals surface area (Å²) < 4.78 is 0. The lowest BCUT2D eigenvalue weighted by Gasteiger charge is -2.37. The monoisotopic (exact) mass is 442 g/mol. The molecule has 31 heavy (non-hydrogen) atoms. The minimum Gasteiger partial charge on any atom is -0.346 e. The molecule has 0 saturated carbocycles. The Balaban J connectivity index is 1.42. The van der Waals surface area contributed by atoms with Crippen LogP contribution in [0.25, 0.3) is 0 Å². The summed E-state index contributed by atoms with van der Waals surface area (Å²) in [5.74, 6) is -0.339. The van der Waals surface area contributed by atoms with E-state index in [0.717, 1.165) is 54.6 Å². The standard InChI is InChI=1S/C24H31ClN4O2/c1-17-5-4-6-18(2)23(17)27-22(30)15-26-24(31)19(3)29-13-11-28(12-14-29)16-20-7-9-21(25)10-8-20/h4-10,19H,11-16H2,1-3H3,(H,26,31)(H,27,30). The Morgan fingerprint density at radius 3 is 2.23 bits per heavy atom. The summed E-state index contributed by atoms with van der Waals surface area (Å²) in [6.45, 7) is 10.1. The van der Waals surface area contributed by atoms with Crippen LogP contribution in [-0.2, 0) is 16.1 Å². The topological polar surface area (TPSA) is 64.7 Å². The molecule has 0 aromatic heterocycles. The molecule has 1 fully saturated rings. The normalized spacial score (nSPS) is 16.0. The lowest BCUT2D eigenvalue weighted by molar-refractivity contribution is -0.128. The number of anilines is 1. The van der Waals surface area contributed by atoms with E-state index in [2.05, 4.69) is 20.4 Å². The van der Waals surface area contributed by atoms with E-state index in [-0.39, 0.29) is 24.4 Å². The van der Waals surface area contributed by atoms with Crippen LogP contribution in [0, 0.1) is 13.8 Å². The second kappa shape index (κ2) is 10.8. The summed E-state index contributed by atoms with van der Waals surface area (Å²) >= 11 is 5.95. The number of amides is 2. The molecule has 0 aliphatic carbocycles. The SMILES string of the molecule is Cc1cccc(C)c1NC(=O)CNC(=O)C(C)N1CCN(Cc2ccc(Cl)cc2)CC1. The average molecular weight is 443 g/mol. The number of nitrogens with one attached hydrogen (secondary N) is 2. The fourth-order valence-electron chi connectivity index (χ4n) is 3.83. The second-order valence-corrected chi connectivity index (χ2v) is 8.58. The predicted octanol–water partition coefficient (Wildman–Crippen LogP) is 3.22. The van der Waals surface area contributed by atoms with Crippen molar-refractivity contribution in [2.45, 2.75) is 33.4 Å². The van der Waals surface area contributed by atoms with Gasteiger partial charge in [0.05, 0.1) is 12.6 Å². The van der Waals surface area contributed by atoms with Crippen molar-refractivity contribution in [3.05, 3.63) is 64.2 Å². The van der Waals surface area contributed by atoms with Crippen LogP contribution >= 0.6 is 11.6 Å². The lowest BCUT2D eigenvalue weighted by Crippen LogP contribution is -2.54. The number of piperazine rings is 1. The van der Waals surface area contributed by atoms with Crippen molar-refractivity contribution in [1.82, 2.24) is 15.1 Å². The molecule has 7 heteroatoms. The zero-order chi connectivity index (χ0) is 22.4. The summed E-state index contributed by atoms with van der Waals surface area (Å²) in [4.78, 5) is 29.4. The molecule has 1 atom stereocenters. The molecule has 6 nitrogen and oxygen atoms in total. The number of carbonyl (C=O) groups is 2. The zero-order valence-electron chi connectivity index (χ0n) is 18.5. The van der Waals surface area contributed by atoms with Crippen molar-refractivity contribution in [2.24, 2.45) is 0 Å². The van der Waals surface area contributed by atoms with Crippen molar-refractivity contribution in [3.63, 3.8) is 0 Å². The van der Waals surface area contributed by atoms with Crippen molar-refractivity contribution in [3.8, 4) is 0 Å². The van der Waals surface area contributed by atoms with Gasteiger partial charge in [-0.2, -0.15) is 0 Å². The quantitative estimate of drug-likeness (QED) is 0.691. The minimum atomic E-state index is -0.273. The van der Waals surface area contributed by atoms with Crippen LogP contribution in [0.1, 0.15) is 23.6 Å². The van der Waals surface area contributed by atoms with Gasteiger partial charge in [0.2, 0.25) is 11.8 Å². The maximum Gasteiger partial charge on any atom is 0.243 e.